The van der Waals surface area contributed by atoms with Crippen LogP contribution >= 0.6 is 23.2 Å². The minimum absolute atomic E-state index is 0.0838. The molecule has 2 aromatic carbocycles. The summed E-state index contributed by atoms with van der Waals surface area (Å²) in [5, 5.41) is 2.39. The number of alkyl halides is 4. The number of sulfone groups is 1. The summed E-state index contributed by atoms with van der Waals surface area (Å²) in [4.78, 5) is 18.2. The average molecular weight is 585 g/mol. The third-order valence-corrected chi connectivity index (χ3v) is 7.79. The molecule has 4 rings (SSSR count). The average Bonchev–Trinajstić information content (AvgIpc) is 3.25. The van der Waals surface area contributed by atoms with Gasteiger partial charge in [-0.15, -0.1) is 0 Å². The van der Waals surface area contributed by atoms with Gasteiger partial charge in [-0.1, -0.05) is 52.6 Å². The van der Waals surface area contributed by atoms with Crippen LogP contribution in [0.2, 0.25) is 10.0 Å². The fourth-order valence-corrected chi connectivity index (χ4v) is 5.19. The molecule has 1 atom stereocenters. The van der Waals surface area contributed by atoms with Gasteiger partial charge < -0.3 is 9.74 Å². The van der Waals surface area contributed by atoms with Crippen LogP contribution in [0, 0.1) is 5.82 Å². The van der Waals surface area contributed by atoms with Crippen LogP contribution in [0.5, 0.6) is 0 Å². The zero-order valence-corrected chi connectivity index (χ0v) is 21.4. The fraction of sp³-hybridized carbons (Fsp3) is 0.391. The number of halogens is 7. The Labute approximate surface area is 218 Å². The van der Waals surface area contributed by atoms with E-state index in [2.05, 4.69) is 5.16 Å². The van der Waals surface area contributed by atoms with Crippen molar-refractivity contribution < 1.29 is 40.0 Å². The Morgan fingerprint density at radius 2 is 1.68 bits per heavy atom. The largest absolute Gasteiger partial charge is 0.435 e. The second kappa shape index (κ2) is 9.39. The highest BCUT2D eigenvalue weighted by Gasteiger charge is 2.62. The van der Waals surface area contributed by atoms with E-state index in [0.29, 0.717) is 0 Å². The number of carbonyl (C=O) groups excluding carboxylic acids is 1. The molecule has 0 aliphatic carbocycles. The van der Waals surface area contributed by atoms with Gasteiger partial charge in [0.1, 0.15) is 9.84 Å². The smallest absolute Gasteiger partial charge is 0.374 e. The highest BCUT2D eigenvalue weighted by atomic mass is 35.5. The molecule has 2 aliphatic heterocycles. The molecule has 0 saturated carbocycles. The number of hydrogen-bond acceptors (Lipinski definition) is 5. The third-order valence-electron chi connectivity index (χ3n) is 6.29. The Bertz CT molecular complexity index is 1350. The van der Waals surface area contributed by atoms with Gasteiger partial charge in [0.05, 0.1) is 34.6 Å². The van der Waals surface area contributed by atoms with E-state index in [-0.39, 0.29) is 42.1 Å². The quantitative estimate of drug-likeness (QED) is 0.347. The highest BCUT2D eigenvalue weighted by Crippen LogP contribution is 2.50. The third kappa shape index (κ3) is 5.28. The predicted molar refractivity (Wildman–Crippen MR) is 127 cm³/mol. The summed E-state index contributed by atoms with van der Waals surface area (Å²) in [7, 11) is -3.34. The second-order valence-electron chi connectivity index (χ2n) is 9.06. The van der Waals surface area contributed by atoms with Crippen LogP contribution in [0.25, 0.3) is 0 Å². The van der Waals surface area contributed by atoms with Crippen molar-refractivity contribution in [1.29, 1.82) is 0 Å². The molecule has 6 nitrogen and oxygen atoms in total. The number of oxime groups is 1. The van der Waals surface area contributed by atoms with Crippen molar-refractivity contribution in [2.45, 2.75) is 30.3 Å². The predicted octanol–water partition coefficient (Wildman–Crippen LogP) is 5.16. The molecule has 2 aromatic rings. The lowest BCUT2D eigenvalue weighted by Crippen LogP contribution is -2.59. The molecular formula is C23H19Cl2F5N2O4S. The molecule has 1 fully saturated rings. The van der Waals surface area contributed by atoms with E-state index in [4.69, 9.17) is 28.0 Å². The molecular weight excluding hydrogens is 566 g/mol. The van der Waals surface area contributed by atoms with E-state index < -0.39 is 61.0 Å². The lowest BCUT2D eigenvalue weighted by molar-refractivity contribution is -0.275. The summed E-state index contributed by atoms with van der Waals surface area (Å²) in [6.07, 6.45) is -4.99. The van der Waals surface area contributed by atoms with Gasteiger partial charge >= 0.3 is 6.18 Å². The van der Waals surface area contributed by atoms with Gasteiger partial charge in [0.2, 0.25) is 5.91 Å². The zero-order valence-electron chi connectivity index (χ0n) is 19.1. The first kappa shape index (κ1) is 27.6. The van der Waals surface area contributed by atoms with Crippen molar-refractivity contribution in [3.05, 3.63) is 69.0 Å². The highest BCUT2D eigenvalue weighted by molar-refractivity contribution is 7.90. The molecule has 2 aliphatic rings. The fourth-order valence-electron chi connectivity index (χ4n) is 4.16. The van der Waals surface area contributed by atoms with Crippen molar-refractivity contribution in [3.8, 4) is 0 Å². The van der Waals surface area contributed by atoms with Gasteiger partial charge in [-0.3, -0.25) is 4.79 Å². The maximum atomic E-state index is 15.3. The summed E-state index contributed by atoms with van der Waals surface area (Å²) in [6, 6.07) is 7.06. The standard InChI is InChI=1S/C23H19Cl2F5N2O4S/c1-37(34,35)7-6-19(33)32-11-21(27,12-32)14-4-2-13(3-5-14)18-10-22(36-31-18,23(28,29)30)15-8-16(24)20(26)17(25)9-15/h2-5,8-9H,6-7,10-12H2,1H3. The molecule has 0 bridgehead atoms. The van der Waals surface area contributed by atoms with Crippen LogP contribution in [-0.2, 0) is 30.7 Å². The van der Waals surface area contributed by atoms with Crippen molar-refractivity contribution in [2.75, 3.05) is 25.1 Å². The van der Waals surface area contributed by atoms with Gasteiger partial charge in [-0.25, -0.2) is 17.2 Å². The van der Waals surface area contributed by atoms with Crippen LogP contribution in [0.3, 0.4) is 0 Å². The van der Waals surface area contributed by atoms with Gasteiger partial charge in [-0.05, 0) is 23.3 Å². The monoisotopic (exact) mass is 584 g/mol. The Morgan fingerprint density at radius 1 is 1.11 bits per heavy atom. The van der Waals surface area contributed by atoms with Crippen LogP contribution in [0.1, 0.15) is 29.5 Å². The molecule has 1 unspecified atom stereocenters. The second-order valence-corrected chi connectivity index (χ2v) is 12.1. The number of carbonyl (C=O) groups is 1. The van der Waals surface area contributed by atoms with Gasteiger partial charge in [-0.2, -0.15) is 13.2 Å². The molecule has 1 saturated heterocycles. The molecule has 200 valence electrons. The van der Waals surface area contributed by atoms with E-state index in [1.807, 2.05) is 0 Å². The minimum atomic E-state index is -4.97. The first-order valence-electron chi connectivity index (χ1n) is 10.8. The molecule has 0 spiro atoms. The Hall–Kier alpha value is -2.44. The summed E-state index contributed by atoms with van der Waals surface area (Å²) in [5.74, 6) is -1.89. The molecule has 14 heteroatoms. The van der Waals surface area contributed by atoms with Crippen molar-refractivity contribution in [3.63, 3.8) is 0 Å². The van der Waals surface area contributed by atoms with E-state index in [0.717, 1.165) is 18.4 Å². The van der Waals surface area contributed by atoms with Crippen LogP contribution < -0.4 is 0 Å². The SMILES string of the molecule is CS(=O)(=O)CCC(=O)N1CC(F)(c2ccc(C3=NOC(c4cc(Cl)c(F)c(Cl)c4)(C(F)(F)F)C3)cc2)C1. The minimum Gasteiger partial charge on any atom is -0.374 e. The molecule has 0 aromatic heterocycles. The van der Waals surface area contributed by atoms with Gasteiger partial charge in [0.25, 0.3) is 5.60 Å². The number of nitrogens with zero attached hydrogens (tertiary/aromatic N) is 2. The van der Waals surface area contributed by atoms with Crippen LogP contribution in [0.15, 0.2) is 41.6 Å². The number of benzene rings is 2. The zero-order chi connectivity index (χ0) is 27.4. The molecule has 37 heavy (non-hydrogen) atoms. The Kier molecular flexibility index (Phi) is 7.00. The summed E-state index contributed by atoms with van der Waals surface area (Å²) < 4.78 is 94.0. The first-order chi connectivity index (χ1) is 17.0. The van der Waals surface area contributed by atoms with Crippen molar-refractivity contribution in [1.82, 2.24) is 4.90 Å². The van der Waals surface area contributed by atoms with Crippen LogP contribution in [-0.4, -0.2) is 56.2 Å². The summed E-state index contributed by atoms with van der Waals surface area (Å²) >= 11 is 11.4. The van der Waals surface area contributed by atoms with Gasteiger partial charge in [0, 0.05) is 24.7 Å². The van der Waals surface area contributed by atoms with E-state index in [1.54, 1.807) is 0 Å². The van der Waals surface area contributed by atoms with Crippen molar-refractivity contribution >= 4 is 44.7 Å². The van der Waals surface area contributed by atoms with E-state index >= 15 is 4.39 Å². The summed E-state index contributed by atoms with van der Waals surface area (Å²) in [5.41, 5.74) is -5.02. The topological polar surface area (TPSA) is 76.0 Å². The Morgan fingerprint density at radius 3 is 2.19 bits per heavy atom. The maximum Gasteiger partial charge on any atom is 0.435 e. The number of amides is 1. The molecule has 2 heterocycles. The lowest BCUT2D eigenvalue weighted by Gasteiger charge is -2.44. The molecule has 0 N–H and O–H groups in total. The maximum absolute atomic E-state index is 15.3. The number of rotatable bonds is 6. The normalized spacial score (nSPS) is 21.3. The van der Waals surface area contributed by atoms with E-state index in [9.17, 15) is 30.8 Å². The molecule has 0 radical (unpaired) electrons. The van der Waals surface area contributed by atoms with Crippen molar-refractivity contribution in [2.24, 2.45) is 5.16 Å². The molecule has 1 amide bonds. The van der Waals surface area contributed by atoms with Gasteiger partial charge in [0.15, 0.2) is 11.5 Å². The summed E-state index contributed by atoms with van der Waals surface area (Å²) in [6.45, 7) is -0.551. The lowest BCUT2D eigenvalue weighted by atomic mass is 9.84. The Balaban J connectivity index is 1.49. The number of hydrogen-bond donors (Lipinski definition) is 0. The van der Waals surface area contributed by atoms with Crippen LogP contribution in [0.4, 0.5) is 22.0 Å². The van der Waals surface area contributed by atoms with E-state index in [1.165, 1.54) is 29.2 Å². The first-order valence-corrected chi connectivity index (χ1v) is 13.6. The number of likely N-dealkylation sites (tertiary alicyclic amines) is 1.